The maximum atomic E-state index is 11.8. The van der Waals surface area contributed by atoms with Crippen molar-refractivity contribution in [3.05, 3.63) is 29.8 Å². The highest BCUT2D eigenvalue weighted by molar-refractivity contribution is 5.94. The molecule has 1 aliphatic rings. The van der Waals surface area contributed by atoms with Crippen LogP contribution in [0.2, 0.25) is 0 Å². The van der Waals surface area contributed by atoms with E-state index in [-0.39, 0.29) is 5.91 Å². The first-order chi connectivity index (χ1) is 9.60. The fourth-order valence-electron chi connectivity index (χ4n) is 3.00. The number of benzene rings is 1. The molecule has 0 heterocycles. The molecule has 0 radical (unpaired) electrons. The summed E-state index contributed by atoms with van der Waals surface area (Å²) in [5.41, 5.74) is 1.87. The third-order valence-corrected chi connectivity index (χ3v) is 4.27. The summed E-state index contributed by atoms with van der Waals surface area (Å²) in [7, 11) is 3.56. The molecule has 2 rings (SSSR count). The number of hydrogen-bond acceptors (Lipinski definition) is 2. The SMILES string of the molecule is CCC1CCCC(Nc2ccc(C(=O)N(C)C)cc2)C1. The molecule has 1 aromatic rings. The van der Waals surface area contributed by atoms with Crippen molar-refractivity contribution >= 4 is 11.6 Å². The predicted molar refractivity (Wildman–Crippen MR) is 84.1 cm³/mol. The van der Waals surface area contributed by atoms with Crippen LogP contribution in [0, 0.1) is 5.92 Å². The molecule has 3 heteroatoms. The first-order valence-corrected chi connectivity index (χ1v) is 7.68. The summed E-state index contributed by atoms with van der Waals surface area (Å²) >= 11 is 0. The average molecular weight is 274 g/mol. The second-order valence-electron chi connectivity index (χ2n) is 6.06. The molecule has 0 aliphatic heterocycles. The molecule has 1 aliphatic carbocycles. The largest absolute Gasteiger partial charge is 0.382 e. The standard InChI is InChI=1S/C17H26N2O/c1-4-13-6-5-7-16(12-13)18-15-10-8-14(9-11-15)17(20)19(2)3/h8-11,13,16,18H,4-7,12H2,1-3H3. The first kappa shape index (κ1) is 14.9. The second kappa shape index (κ2) is 6.78. The van der Waals surface area contributed by atoms with Gasteiger partial charge in [-0.15, -0.1) is 0 Å². The van der Waals surface area contributed by atoms with Gasteiger partial charge in [0.25, 0.3) is 5.91 Å². The Morgan fingerprint density at radius 2 is 1.95 bits per heavy atom. The van der Waals surface area contributed by atoms with Crippen molar-refractivity contribution < 1.29 is 4.79 Å². The fraction of sp³-hybridized carbons (Fsp3) is 0.588. The van der Waals surface area contributed by atoms with E-state index in [1.165, 1.54) is 32.1 Å². The number of nitrogens with one attached hydrogen (secondary N) is 1. The van der Waals surface area contributed by atoms with Gasteiger partial charge >= 0.3 is 0 Å². The van der Waals surface area contributed by atoms with Gasteiger partial charge in [-0.2, -0.15) is 0 Å². The zero-order chi connectivity index (χ0) is 14.5. The van der Waals surface area contributed by atoms with E-state index in [0.29, 0.717) is 6.04 Å². The van der Waals surface area contributed by atoms with Gasteiger partial charge in [-0.3, -0.25) is 4.79 Å². The fourth-order valence-corrected chi connectivity index (χ4v) is 3.00. The minimum absolute atomic E-state index is 0.0558. The van der Waals surface area contributed by atoms with Crippen LogP contribution in [0.1, 0.15) is 49.4 Å². The van der Waals surface area contributed by atoms with Crippen molar-refractivity contribution in [2.45, 2.75) is 45.1 Å². The topological polar surface area (TPSA) is 32.3 Å². The van der Waals surface area contributed by atoms with E-state index in [0.717, 1.165) is 17.2 Å². The number of hydrogen-bond donors (Lipinski definition) is 1. The normalized spacial score (nSPS) is 22.4. The highest BCUT2D eigenvalue weighted by Crippen LogP contribution is 2.28. The van der Waals surface area contributed by atoms with Crippen LogP contribution in [-0.2, 0) is 0 Å². The van der Waals surface area contributed by atoms with Gasteiger partial charge in [-0.1, -0.05) is 26.2 Å². The molecule has 0 saturated heterocycles. The van der Waals surface area contributed by atoms with Crippen LogP contribution in [0.3, 0.4) is 0 Å². The maximum absolute atomic E-state index is 11.8. The van der Waals surface area contributed by atoms with Gasteiger partial charge in [-0.05, 0) is 43.0 Å². The van der Waals surface area contributed by atoms with E-state index < -0.39 is 0 Å². The Balaban J connectivity index is 1.95. The third kappa shape index (κ3) is 3.75. The van der Waals surface area contributed by atoms with Gasteiger partial charge in [0.1, 0.15) is 0 Å². The van der Waals surface area contributed by atoms with Crippen LogP contribution >= 0.6 is 0 Å². The second-order valence-corrected chi connectivity index (χ2v) is 6.06. The molecule has 1 saturated carbocycles. The quantitative estimate of drug-likeness (QED) is 0.906. The lowest BCUT2D eigenvalue weighted by Gasteiger charge is -2.29. The monoisotopic (exact) mass is 274 g/mol. The Bertz CT molecular complexity index is 439. The summed E-state index contributed by atoms with van der Waals surface area (Å²) in [5, 5.41) is 3.62. The van der Waals surface area contributed by atoms with E-state index in [9.17, 15) is 4.79 Å². The van der Waals surface area contributed by atoms with Crippen molar-refractivity contribution in [2.24, 2.45) is 5.92 Å². The van der Waals surface area contributed by atoms with Crippen LogP contribution in [0.5, 0.6) is 0 Å². The molecule has 0 bridgehead atoms. The highest BCUT2D eigenvalue weighted by atomic mass is 16.2. The molecule has 1 aromatic carbocycles. The van der Waals surface area contributed by atoms with Gasteiger partial charge in [0.2, 0.25) is 0 Å². The minimum atomic E-state index is 0.0558. The van der Waals surface area contributed by atoms with Crippen LogP contribution in [0.25, 0.3) is 0 Å². The zero-order valence-electron chi connectivity index (χ0n) is 12.9. The molecule has 2 unspecified atom stereocenters. The van der Waals surface area contributed by atoms with E-state index in [1.54, 1.807) is 19.0 Å². The summed E-state index contributed by atoms with van der Waals surface area (Å²) in [4.78, 5) is 13.4. The third-order valence-electron chi connectivity index (χ3n) is 4.27. The minimum Gasteiger partial charge on any atom is -0.382 e. The molecule has 2 atom stereocenters. The number of anilines is 1. The van der Waals surface area contributed by atoms with Crippen LogP contribution < -0.4 is 5.32 Å². The van der Waals surface area contributed by atoms with E-state index in [1.807, 2.05) is 24.3 Å². The molecule has 0 aromatic heterocycles. The summed E-state index contributed by atoms with van der Waals surface area (Å²) in [6.07, 6.45) is 6.52. The molecule has 1 fully saturated rings. The van der Waals surface area contributed by atoms with E-state index >= 15 is 0 Å². The Morgan fingerprint density at radius 1 is 1.25 bits per heavy atom. The summed E-state index contributed by atoms with van der Waals surface area (Å²) in [6, 6.07) is 8.44. The zero-order valence-corrected chi connectivity index (χ0v) is 12.9. The van der Waals surface area contributed by atoms with Crippen molar-refractivity contribution in [1.29, 1.82) is 0 Å². The molecular formula is C17H26N2O. The van der Waals surface area contributed by atoms with Gasteiger partial charge < -0.3 is 10.2 Å². The maximum Gasteiger partial charge on any atom is 0.253 e. The molecule has 3 nitrogen and oxygen atoms in total. The molecule has 1 amide bonds. The Labute approximate surface area is 122 Å². The summed E-state index contributed by atoms with van der Waals surface area (Å²) in [5.74, 6) is 0.927. The lowest BCUT2D eigenvalue weighted by Crippen LogP contribution is -2.27. The Morgan fingerprint density at radius 3 is 2.55 bits per heavy atom. The molecule has 0 spiro atoms. The number of amides is 1. The van der Waals surface area contributed by atoms with Crippen molar-refractivity contribution in [3.63, 3.8) is 0 Å². The van der Waals surface area contributed by atoms with Crippen LogP contribution in [-0.4, -0.2) is 30.9 Å². The van der Waals surface area contributed by atoms with Crippen molar-refractivity contribution in [3.8, 4) is 0 Å². The van der Waals surface area contributed by atoms with Gasteiger partial charge in [0.15, 0.2) is 0 Å². The van der Waals surface area contributed by atoms with Gasteiger partial charge in [-0.25, -0.2) is 0 Å². The number of carbonyl (C=O) groups is 1. The smallest absolute Gasteiger partial charge is 0.253 e. The molecule has 110 valence electrons. The van der Waals surface area contributed by atoms with Crippen molar-refractivity contribution in [1.82, 2.24) is 4.90 Å². The predicted octanol–water partition coefficient (Wildman–Crippen LogP) is 3.77. The Kier molecular flexibility index (Phi) is 5.05. The summed E-state index contributed by atoms with van der Waals surface area (Å²) in [6.45, 7) is 2.29. The number of rotatable bonds is 4. The van der Waals surface area contributed by atoms with Crippen LogP contribution in [0.4, 0.5) is 5.69 Å². The number of carbonyl (C=O) groups excluding carboxylic acids is 1. The highest BCUT2D eigenvalue weighted by Gasteiger charge is 2.20. The van der Waals surface area contributed by atoms with E-state index in [4.69, 9.17) is 0 Å². The van der Waals surface area contributed by atoms with Gasteiger partial charge in [0.05, 0.1) is 0 Å². The lowest BCUT2D eigenvalue weighted by molar-refractivity contribution is 0.0827. The van der Waals surface area contributed by atoms with Crippen molar-refractivity contribution in [2.75, 3.05) is 19.4 Å². The molecule has 1 N–H and O–H groups in total. The lowest BCUT2D eigenvalue weighted by atomic mass is 9.84. The van der Waals surface area contributed by atoms with Gasteiger partial charge in [0, 0.05) is 31.4 Å². The number of nitrogens with zero attached hydrogens (tertiary/aromatic N) is 1. The average Bonchev–Trinajstić information content (AvgIpc) is 2.47. The molecular weight excluding hydrogens is 248 g/mol. The van der Waals surface area contributed by atoms with E-state index in [2.05, 4.69) is 12.2 Å². The first-order valence-electron chi connectivity index (χ1n) is 7.68. The van der Waals surface area contributed by atoms with Crippen LogP contribution in [0.15, 0.2) is 24.3 Å². The molecule has 20 heavy (non-hydrogen) atoms. The Hall–Kier alpha value is -1.51. The summed E-state index contributed by atoms with van der Waals surface area (Å²) < 4.78 is 0.